The molecular weight excluding hydrogens is 649 g/mol. The lowest BCUT2D eigenvalue weighted by Crippen LogP contribution is -2.65. The summed E-state index contributed by atoms with van der Waals surface area (Å²) in [5, 5.41) is 13.2. The summed E-state index contributed by atoms with van der Waals surface area (Å²) in [7, 11) is 0. The van der Waals surface area contributed by atoms with Gasteiger partial charge in [-0.15, -0.1) is 0 Å². The normalized spacial score (nSPS) is 39.4. The number of hydrogen-bond acceptors (Lipinski definition) is 5. The number of benzene rings is 1. The van der Waals surface area contributed by atoms with E-state index in [9.17, 15) is 19.5 Å². The number of aromatic carboxylic acids is 1. The van der Waals surface area contributed by atoms with Gasteiger partial charge in [0.2, 0.25) is 5.91 Å². The lowest BCUT2D eigenvalue weighted by molar-refractivity contribution is -0.204. The number of esters is 1. The fraction of sp³-hybridized carbons (Fsp3) is 0.756. The Labute approximate surface area is 313 Å². The molecule has 1 aliphatic heterocycles. The molecule has 5 aliphatic carbocycles. The van der Waals surface area contributed by atoms with Crippen molar-refractivity contribution in [2.75, 3.05) is 26.2 Å². The Balaban J connectivity index is 1.14. The molecule has 2 N–H and O–H groups in total. The molecule has 7 nitrogen and oxygen atoms in total. The van der Waals surface area contributed by atoms with E-state index in [1.54, 1.807) is 23.8 Å². The molecule has 1 saturated heterocycles. The molecule has 6 aliphatic rings. The average molecular weight is 715 g/mol. The van der Waals surface area contributed by atoms with Crippen molar-refractivity contribution in [3.63, 3.8) is 0 Å². The third kappa shape index (κ3) is 5.89. The molecule has 1 amide bonds. The van der Waals surface area contributed by atoms with Crippen LogP contribution in [0.5, 0.6) is 0 Å². The van der Waals surface area contributed by atoms with Crippen molar-refractivity contribution in [3.05, 3.63) is 47.0 Å². The topological polar surface area (TPSA) is 95.9 Å². The van der Waals surface area contributed by atoms with Crippen molar-refractivity contribution >= 4 is 17.8 Å². The zero-order valence-electron chi connectivity index (χ0n) is 33.2. The van der Waals surface area contributed by atoms with E-state index in [0.29, 0.717) is 17.7 Å². The number of carboxylic acids is 1. The van der Waals surface area contributed by atoms with Gasteiger partial charge in [0.05, 0.1) is 16.5 Å². The fourth-order valence-electron chi connectivity index (χ4n) is 13.6. The van der Waals surface area contributed by atoms with Gasteiger partial charge in [-0.3, -0.25) is 4.79 Å². The highest BCUT2D eigenvalue weighted by molar-refractivity contribution is 6.02. The van der Waals surface area contributed by atoms with Crippen LogP contribution in [-0.2, 0) is 9.53 Å². The number of allylic oxidation sites excluding steroid dienone is 2. The van der Waals surface area contributed by atoms with Crippen LogP contribution in [0.4, 0.5) is 0 Å². The molecule has 1 heterocycles. The second kappa shape index (κ2) is 13.3. The highest BCUT2D eigenvalue weighted by Crippen LogP contribution is 2.76. The van der Waals surface area contributed by atoms with Gasteiger partial charge in [0.1, 0.15) is 6.10 Å². The van der Waals surface area contributed by atoms with Crippen LogP contribution in [0, 0.1) is 50.2 Å². The molecule has 1 aromatic carbocycles. The standard InChI is InChI=1S/C45H66N2O5/c1-40(2)21-23-45(39(51)46-25-28-47-26-11-8-12-27-47)24-22-43(6)32(33(45)29-40)15-16-35-42(5)19-18-36(41(3,4)34(42)17-20-44(35,43)7)52-38(50)31-14-10-9-13-30(31)37(48)49/h9-10,13-15,33-36H,8,11-12,16-29H2,1-7H3,(H,46,51)(H,48,49)/t33-,34?,35+,36-,42-,43+,44+,45-/m0/s1. The predicted octanol–water partition coefficient (Wildman–Crippen LogP) is 9.31. The first-order valence-corrected chi connectivity index (χ1v) is 20.7. The number of likely N-dealkylation sites (tertiary alicyclic amines) is 1. The second-order valence-corrected chi connectivity index (χ2v) is 20.1. The van der Waals surface area contributed by atoms with Crippen molar-refractivity contribution in [2.24, 2.45) is 50.2 Å². The van der Waals surface area contributed by atoms with Gasteiger partial charge in [-0.2, -0.15) is 0 Å². The largest absolute Gasteiger partial charge is 0.478 e. The SMILES string of the molecule is CC1(C)CC[C@]2(C(=O)NCCN3CCCCC3)CC[C@]3(C)C(=CC[C@@H]4[C@@]5(C)CC[C@H](OC(=O)c6ccccc6C(=O)O)C(C)(C)C5CC[C@]43C)[C@@H]2C1. The van der Waals surface area contributed by atoms with E-state index >= 15 is 0 Å². The van der Waals surface area contributed by atoms with Crippen molar-refractivity contribution in [3.8, 4) is 0 Å². The Morgan fingerprint density at radius 2 is 1.54 bits per heavy atom. The van der Waals surface area contributed by atoms with Gasteiger partial charge in [0, 0.05) is 18.5 Å². The van der Waals surface area contributed by atoms with Gasteiger partial charge in [-0.05, 0) is 142 Å². The maximum atomic E-state index is 14.5. The molecule has 4 saturated carbocycles. The number of piperidine rings is 1. The van der Waals surface area contributed by atoms with Crippen LogP contribution in [0.2, 0.25) is 0 Å². The summed E-state index contributed by atoms with van der Waals surface area (Å²) in [4.78, 5) is 42.4. The Hall–Kier alpha value is -2.67. The van der Waals surface area contributed by atoms with Crippen molar-refractivity contribution in [2.45, 2.75) is 138 Å². The van der Waals surface area contributed by atoms with Crippen molar-refractivity contribution in [1.29, 1.82) is 0 Å². The highest BCUT2D eigenvalue weighted by atomic mass is 16.5. The lowest BCUT2D eigenvalue weighted by atomic mass is 9.33. The third-order valence-corrected chi connectivity index (χ3v) is 16.8. The van der Waals surface area contributed by atoms with E-state index in [4.69, 9.17) is 4.74 Å². The molecule has 0 aromatic heterocycles. The average Bonchev–Trinajstić information content (AvgIpc) is 3.10. The van der Waals surface area contributed by atoms with E-state index in [1.807, 2.05) is 0 Å². The van der Waals surface area contributed by atoms with E-state index in [1.165, 1.54) is 25.3 Å². The van der Waals surface area contributed by atoms with Crippen LogP contribution in [0.3, 0.4) is 0 Å². The van der Waals surface area contributed by atoms with Crippen LogP contribution in [0.15, 0.2) is 35.9 Å². The summed E-state index contributed by atoms with van der Waals surface area (Å²) in [6, 6.07) is 6.39. The van der Waals surface area contributed by atoms with Crippen molar-refractivity contribution < 1.29 is 24.2 Å². The number of hydrogen-bond donors (Lipinski definition) is 2. The number of carbonyl (C=O) groups is 3. The van der Waals surface area contributed by atoms with Crippen LogP contribution >= 0.6 is 0 Å². The molecule has 0 bridgehead atoms. The Kier molecular flexibility index (Phi) is 9.60. The van der Waals surface area contributed by atoms with Gasteiger partial charge in [0.25, 0.3) is 0 Å². The molecule has 52 heavy (non-hydrogen) atoms. The Morgan fingerprint density at radius 3 is 2.25 bits per heavy atom. The maximum absolute atomic E-state index is 14.5. The van der Waals surface area contributed by atoms with Gasteiger partial charge in [-0.1, -0.05) is 78.7 Å². The highest BCUT2D eigenvalue weighted by Gasteiger charge is 2.69. The number of nitrogens with one attached hydrogen (secondary N) is 1. The van der Waals surface area contributed by atoms with Gasteiger partial charge in [-0.25, -0.2) is 9.59 Å². The molecular formula is C45H66N2O5. The molecule has 0 spiro atoms. The minimum atomic E-state index is -1.11. The number of amides is 1. The molecule has 7 rings (SSSR count). The molecule has 1 aromatic rings. The van der Waals surface area contributed by atoms with Crippen LogP contribution < -0.4 is 5.32 Å². The molecule has 8 atom stereocenters. The number of fused-ring (bicyclic) bond motifs is 7. The second-order valence-electron chi connectivity index (χ2n) is 20.1. The first-order valence-electron chi connectivity index (χ1n) is 20.7. The Morgan fingerprint density at radius 1 is 0.846 bits per heavy atom. The summed E-state index contributed by atoms with van der Waals surface area (Å²) in [5.41, 5.74) is 1.59. The smallest absolute Gasteiger partial charge is 0.339 e. The van der Waals surface area contributed by atoms with E-state index < -0.39 is 11.9 Å². The summed E-state index contributed by atoms with van der Waals surface area (Å²) >= 11 is 0. The van der Waals surface area contributed by atoms with E-state index in [0.717, 1.165) is 90.4 Å². The van der Waals surface area contributed by atoms with Gasteiger partial charge in [0.15, 0.2) is 0 Å². The van der Waals surface area contributed by atoms with Crippen LogP contribution in [0.25, 0.3) is 0 Å². The number of carbonyl (C=O) groups excluding carboxylic acids is 2. The maximum Gasteiger partial charge on any atom is 0.339 e. The van der Waals surface area contributed by atoms with Crippen LogP contribution in [-0.4, -0.2) is 60.1 Å². The fourth-order valence-corrected chi connectivity index (χ4v) is 13.6. The summed E-state index contributed by atoms with van der Waals surface area (Å²) in [6.45, 7) is 21.2. The zero-order valence-corrected chi connectivity index (χ0v) is 33.2. The van der Waals surface area contributed by atoms with Crippen molar-refractivity contribution in [1.82, 2.24) is 10.2 Å². The first-order chi connectivity index (χ1) is 24.5. The quantitative estimate of drug-likeness (QED) is 0.216. The zero-order chi connectivity index (χ0) is 37.3. The number of rotatable bonds is 7. The molecule has 5 fully saturated rings. The molecule has 7 heteroatoms. The first kappa shape index (κ1) is 37.6. The predicted molar refractivity (Wildman–Crippen MR) is 205 cm³/mol. The van der Waals surface area contributed by atoms with Gasteiger partial charge < -0.3 is 20.1 Å². The lowest BCUT2D eigenvalue weighted by Gasteiger charge is -2.71. The van der Waals surface area contributed by atoms with E-state index in [2.05, 4.69) is 64.8 Å². The molecule has 0 radical (unpaired) electrons. The Bertz CT molecular complexity index is 1610. The summed E-state index contributed by atoms with van der Waals surface area (Å²) in [6.07, 6.45) is 16.5. The minimum Gasteiger partial charge on any atom is -0.478 e. The number of carboxylic acid groups (broad SMARTS) is 1. The monoisotopic (exact) mass is 714 g/mol. The van der Waals surface area contributed by atoms with Gasteiger partial charge >= 0.3 is 11.9 Å². The summed E-state index contributed by atoms with van der Waals surface area (Å²) in [5.74, 6) is -0.170. The molecule has 1 unspecified atom stereocenters. The number of nitrogens with zero attached hydrogens (tertiary/aromatic N) is 1. The molecule has 286 valence electrons. The van der Waals surface area contributed by atoms with Crippen LogP contribution in [0.1, 0.15) is 153 Å². The number of ether oxygens (including phenoxy) is 1. The third-order valence-electron chi connectivity index (χ3n) is 16.8. The van der Waals surface area contributed by atoms with E-state index in [-0.39, 0.29) is 55.6 Å². The summed E-state index contributed by atoms with van der Waals surface area (Å²) < 4.78 is 6.26. The minimum absolute atomic E-state index is 0.00906.